The Labute approximate surface area is 200 Å². The summed E-state index contributed by atoms with van der Waals surface area (Å²) < 4.78 is 33.9. The summed E-state index contributed by atoms with van der Waals surface area (Å²) in [5.74, 6) is -0.204. The van der Waals surface area contributed by atoms with Crippen molar-refractivity contribution in [3.05, 3.63) is 94.1 Å². The lowest BCUT2D eigenvalue weighted by atomic mass is 10.1. The van der Waals surface area contributed by atoms with Gasteiger partial charge in [-0.25, -0.2) is 8.42 Å². The quantitative estimate of drug-likeness (QED) is 0.321. The average molecular weight is 499 g/mol. The van der Waals surface area contributed by atoms with Crippen molar-refractivity contribution in [2.75, 3.05) is 17.1 Å². The van der Waals surface area contributed by atoms with Crippen LogP contribution in [-0.4, -0.2) is 21.4 Å². The SMILES string of the molecule is COc1ccc(NC(=O)c2sccc2-c2ccccc2)cc1S(=O)(=O)Nc1ccccc1Cl. The van der Waals surface area contributed by atoms with Gasteiger partial charge >= 0.3 is 0 Å². The second-order valence-electron chi connectivity index (χ2n) is 6.93. The molecule has 0 aliphatic heterocycles. The Morgan fingerprint density at radius 3 is 2.42 bits per heavy atom. The zero-order valence-electron chi connectivity index (χ0n) is 17.4. The molecule has 0 fully saturated rings. The monoisotopic (exact) mass is 498 g/mol. The third kappa shape index (κ3) is 5.03. The number of sulfonamides is 1. The Kier molecular flexibility index (Phi) is 6.69. The van der Waals surface area contributed by atoms with E-state index in [0.29, 0.717) is 10.6 Å². The van der Waals surface area contributed by atoms with Crippen LogP contribution in [0, 0.1) is 0 Å². The van der Waals surface area contributed by atoms with Crippen LogP contribution in [-0.2, 0) is 10.0 Å². The molecule has 6 nitrogen and oxygen atoms in total. The number of hydrogen-bond acceptors (Lipinski definition) is 5. The van der Waals surface area contributed by atoms with Crippen LogP contribution in [0.15, 0.2) is 89.1 Å². The van der Waals surface area contributed by atoms with Crippen LogP contribution < -0.4 is 14.8 Å². The van der Waals surface area contributed by atoms with Crippen molar-refractivity contribution >= 4 is 50.2 Å². The molecule has 0 aliphatic rings. The van der Waals surface area contributed by atoms with E-state index in [-0.39, 0.29) is 27.3 Å². The van der Waals surface area contributed by atoms with E-state index in [1.54, 1.807) is 30.3 Å². The smallest absolute Gasteiger partial charge is 0.266 e. The largest absolute Gasteiger partial charge is 0.495 e. The molecule has 1 amide bonds. The third-order valence-corrected chi connectivity index (χ3v) is 7.41. The number of anilines is 2. The molecular weight excluding hydrogens is 480 g/mol. The fraction of sp³-hybridized carbons (Fsp3) is 0.0417. The van der Waals surface area contributed by atoms with Crippen molar-refractivity contribution in [3.8, 4) is 16.9 Å². The lowest BCUT2D eigenvalue weighted by Crippen LogP contribution is -2.16. The summed E-state index contributed by atoms with van der Waals surface area (Å²) in [5.41, 5.74) is 2.28. The van der Waals surface area contributed by atoms with E-state index in [9.17, 15) is 13.2 Å². The molecule has 1 heterocycles. The molecule has 4 aromatic rings. The van der Waals surface area contributed by atoms with Gasteiger partial charge in [0, 0.05) is 11.3 Å². The van der Waals surface area contributed by atoms with Gasteiger partial charge in [-0.05, 0) is 47.3 Å². The minimum Gasteiger partial charge on any atom is -0.495 e. The van der Waals surface area contributed by atoms with Crippen molar-refractivity contribution in [2.24, 2.45) is 0 Å². The lowest BCUT2D eigenvalue weighted by Gasteiger charge is -2.14. The number of benzene rings is 3. The number of methoxy groups -OCH3 is 1. The molecule has 9 heteroatoms. The van der Waals surface area contributed by atoms with E-state index in [4.69, 9.17) is 16.3 Å². The molecule has 0 unspecified atom stereocenters. The highest BCUT2D eigenvalue weighted by Gasteiger charge is 2.22. The second-order valence-corrected chi connectivity index (χ2v) is 9.91. The molecular formula is C24H19ClN2O4S2. The van der Waals surface area contributed by atoms with Gasteiger partial charge in [-0.15, -0.1) is 11.3 Å². The predicted octanol–water partition coefficient (Wildman–Crippen LogP) is 6.13. The summed E-state index contributed by atoms with van der Waals surface area (Å²) in [6, 6.07) is 22.4. The van der Waals surface area contributed by atoms with E-state index >= 15 is 0 Å². The summed E-state index contributed by atoms with van der Waals surface area (Å²) >= 11 is 7.41. The molecule has 168 valence electrons. The normalized spacial score (nSPS) is 11.1. The average Bonchev–Trinajstić information content (AvgIpc) is 3.31. The van der Waals surface area contributed by atoms with Gasteiger partial charge in [0.1, 0.15) is 10.6 Å². The number of amides is 1. The lowest BCUT2D eigenvalue weighted by molar-refractivity contribution is 0.103. The predicted molar refractivity (Wildman–Crippen MR) is 133 cm³/mol. The molecule has 0 spiro atoms. The molecule has 3 aromatic carbocycles. The minimum atomic E-state index is -4.05. The van der Waals surface area contributed by atoms with Gasteiger partial charge in [-0.3, -0.25) is 9.52 Å². The van der Waals surface area contributed by atoms with Gasteiger partial charge < -0.3 is 10.1 Å². The fourth-order valence-electron chi connectivity index (χ4n) is 3.23. The van der Waals surface area contributed by atoms with E-state index in [2.05, 4.69) is 10.0 Å². The van der Waals surface area contributed by atoms with Gasteiger partial charge in [0.05, 0.1) is 22.7 Å². The maximum Gasteiger partial charge on any atom is 0.266 e. The van der Waals surface area contributed by atoms with Gasteiger partial charge in [0.25, 0.3) is 15.9 Å². The molecule has 0 radical (unpaired) electrons. The van der Waals surface area contributed by atoms with Crippen molar-refractivity contribution < 1.29 is 17.9 Å². The molecule has 0 atom stereocenters. The van der Waals surface area contributed by atoms with Crippen LogP contribution in [0.4, 0.5) is 11.4 Å². The number of rotatable bonds is 7. The van der Waals surface area contributed by atoms with Crippen LogP contribution in [0.5, 0.6) is 5.75 Å². The maximum absolute atomic E-state index is 13.1. The maximum atomic E-state index is 13.1. The first-order valence-electron chi connectivity index (χ1n) is 9.78. The fourth-order valence-corrected chi connectivity index (χ4v) is 5.55. The highest BCUT2D eigenvalue weighted by molar-refractivity contribution is 7.92. The Morgan fingerprint density at radius 1 is 0.970 bits per heavy atom. The van der Waals surface area contributed by atoms with Gasteiger partial charge in [0.15, 0.2) is 0 Å². The highest BCUT2D eigenvalue weighted by Crippen LogP contribution is 2.32. The number of ether oxygens (including phenoxy) is 1. The zero-order chi connectivity index (χ0) is 23.4. The number of carbonyl (C=O) groups excluding carboxylic acids is 1. The Morgan fingerprint density at radius 2 is 1.70 bits per heavy atom. The van der Waals surface area contributed by atoms with Crippen LogP contribution in [0.1, 0.15) is 9.67 Å². The van der Waals surface area contributed by atoms with E-state index in [1.165, 1.54) is 30.6 Å². The molecule has 1 aromatic heterocycles. The first-order valence-corrected chi connectivity index (χ1v) is 12.5. The minimum absolute atomic E-state index is 0.128. The first-order chi connectivity index (χ1) is 15.9. The number of nitrogens with one attached hydrogen (secondary N) is 2. The van der Waals surface area contributed by atoms with Gasteiger partial charge in [-0.1, -0.05) is 54.1 Å². The number of carbonyl (C=O) groups is 1. The van der Waals surface area contributed by atoms with Gasteiger partial charge in [-0.2, -0.15) is 0 Å². The number of hydrogen-bond donors (Lipinski definition) is 2. The molecule has 2 N–H and O–H groups in total. The molecule has 33 heavy (non-hydrogen) atoms. The van der Waals surface area contributed by atoms with Crippen LogP contribution in [0.25, 0.3) is 11.1 Å². The number of para-hydroxylation sites is 1. The summed E-state index contributed by atoms with van der Waals surface area (Å²) in [4.78, 5) is 13.4. The van der Waals surface area contributed by atoms with Crippen LogP contribution in [0.3, 0.4) is 0 Å². The van der Waals surface area contributed by atoms with Crippen LogP contribution >= 0.6 is 22.9 Å². The highest BCUT2D eigenvalue weighted by atomic mass is 35.5. The van der Waals surface area contributed by atoms with E-state index < -0.39 is 10.0 Å². The first kappa shape index (κ1) is 22.8. The summed E-state index contributed by atoms with van der Waals surface area (Å²) in [6.07, 6.45) is 0. The van der Waals surface area contributed by atoms with Crippen molar-refractivity contribution in [2.45, 2.75) is 4.90 Å². The third-order valence-electron chi connectivity index (χ3n) is 4.79. The molecule has 0 saturated heterocycles. The topological polar surface area (TPSA) is 84.5 Å². The van der Waals surface area contributed by atoms with Crippen molar-refractivity contribution in [3.63, 3.8) is 0 Å². The summed E-state index contributed by atoms with van der Waals surface area (Å²) in [7, 11) is -2.68. The second kappa shape index (κ2) is 9.66. The Balaban J connectivity index is 1.63. The molecule has 0 saturated carbocycles. The van der Waals surface area contributed by atoms with Gasteiger partial charge in [0.2, 0.25) is 0 Å². The molecule has 4 rings (SSSR count). The number of halogens is 1. The van der Waals surface area contributed by atoms with E-state index in [0.717, 1.165) is 11.1 Å². The standard InChI is InChI=1S/C24H19ClN2O4S2/c1-31-21-12-11-17(15-22(21)33(29,30)27-20-10-6-5-9-19(20)25)26-24(28)23-18(13-14-32-23)16-7-3-2-4-8-16/h2-15,27H,1H3,(H,26,28). The molecule has 0 aliphatic carbocycles. The number of thiophene rings is 1. The van der Waals surface area contributed by atoms with Crippen molar-refractivity contribution in [1.82, 2.24) is 0 Å². The van der Waals surface area contributed by atoms with E-state index in [1.807, 2.05) is 41.8 Å². The molecule has 0 bridgehead atoms. The van der Waals surface area contributed by atoms with Crippen molar-refractivity contribution in [1.29, 1.82) is 0 Å². The Bertz CT molecular complexity index is 1400. The summed E-state index contributed by atoms with van der Waals surface area (Å²) in [6.45, 7) is 0. The zero-order valence-corrected chi connectivity index (χ0v) is 19.8. The Hall–Kier alpha value is -3.33. The van der Waals surface area contributed by atoms with Crippen LogP contribution in [0.2, 0.25) is 5.02 Å². The summed E-state index contributed by atoms with van der Waals surface area (Å²) in [5, 5.41) is 4.89.